The molecule has 15 heteroatoms. The number of nitrogens with one attached hydrogen (secondary N) is 2. The van der Waals surface area contributed by atoms with Gasteiger partial charge in [0, 0.05) is 32.1 Å². The van der Waals surface area contributed by atoms with E-state index in [1.54, 1.807) is 4.90 Å². The number of nitrogens with zero attached hydrogens (tertiary/aromatic N) is 5. The van der Waals surface area contributed by atoms with Gasteiger partial charge >= 0.3 is 6.09 Å². The van der Waals surface area contributed by atoms with Gasteiger partial charge in [0.05, 0.1) is 12.2 Å². The number of hydrogen-bond donors (Lipinski definition) is 5. The molecule has 222 valence electrons. The molecular weight excluding hydrogens is 536 g/mol. The molecule has 1 saturated carbocycles. The van der Waals surface area contributed by atoms with Crippen molar-refractivity contribution < 1.29 is 34.1 Å². The molecule has 3 amide bonds. The highest BCUT2D eigenvalue weighted by Gasteiger charge is 2.48. The Morgan fingerprint density at radius 3 is 2.63 bits per heavy atom. The van der Waals surface area contributed by atoms with Crippen molar-refractivity contribution >= 4 is 34.9 Å². The number of likely N-dealkylation sites (tertiary alicyclic amines) is 1. The third kappa shape index (κ3) is 5.78. The second-order valence-corrected chi connectivity index (χ2v) is 11.4. The Labute approximate surface area is 235 Å². The Hall–Kier alpha value is -3.56. The first-order valence-corrected chi connectivity index (χ1v) is 14.3. The average molecular weight is 573 g/mol. The molecule has 0 spiro atoms. The number of ether oxygens (including phenoxy) is 2. The van der Waals surface area contributed by atoms with Gasteiger partial charge in [0.1, 0.15) is 30.2 Å². The zero-order valence-corrected chi connectivity index (χ0v) is 22.6. The summed E-state index contributed by atoms with van der Waals surface area (Å²) in [6.07, 6.45) is 1.86. The summed E-state index contributed by atoms with van der Waals surface area (Å²) in [7, 11) is 0. The number of amides is 3. The van der Waals surface area contributed by atoms with Gasteiger partial charge in [-0.15, -0.1) is 0 Å². The molecule has 5 heterocycles. The molecule has 2 aromatic heterocycles. The van der Waals surface area contributed by atoms with E-state index >= 15 is 0 Å². The summed E-state index contributed by atoms with van der Waals surface area (Å²) in [6.45, 7) is 1.91. The van der Waals surface area contributed by atoms with Crippen LogP contribution in [0.2, 0.25) is 0 Å². The third-order valence-electron chi connectivity index (χ3n) is 8.38. The molecule has 3 saturated heterocycles. The molecule has 2 unspecified atom stereocenters. The molecule has 4 aliphatic rings. The molecule has 1 aliphatic carbocycles. The van der Waals surface area contributed by atoms with Crippen molar-refractivity contribution in [3.8, 4) is 0 Å². The summed E-state index contributed by atoms with van der Waals surface area (Å²) in [5.41, 5.74) is 6.88. The molecule has 5 atom stereocenters. The van der Waals surface area contributed by atoms with Gasteiger partial charge in [-0.3, -0.25) is 14.2 Å². The van der Waals surface area contributed by atoms with Crippen LogP contribution >= 0.6 is 0 Å². The minimum atomic E-state index is -1.40. The SMILES string of the molecule is Nc1nc(CCCC2CCN(C(=O)OCC3CNC3=O)CC2)nc2c1ncn2[C@@H]1O[C@H](C(=O)NC2CC2)C(O)[C@@H]1O. The normalized spacial score (nSPS) is 28.4. The number of aryl methyl sites for hydroxylation is 1. The molecule has 3 aliphatic heterocycles. The number of piperidine rings is 1. The molecule has 6 rings (SSSR count). The van der Waals surface area contributed by atoms with E-state index in [1.165, 1.54) is 10.9 Å². The quantitative estimate of drug-likeness (QED) is 0.236. The lowest BCUT2D eigenvalue weighted by atomic mass is 9.91. The summed E-state index contributed by atoms with van der Waals surface area (Å²) >= 11 is 0. The zero-order chi connectivity index (χ0) is 28.7. The number of nitrogen functional groups attached to an aromatic ring is 1. The van der Waals surface area contributed by atoms with Crippen LogP contribution in [0.25, 0.3) is 11.2 Å². The Balaban J connectivity index is 1.02. The molecule has 0 aromatic carbocycles. The van der Waals surface area contributed by atoms with Gasteiger partial charge in [-0.2, -0.15) is 0 Å². The fraction of sp³-hybridized carbons (Fsp3) is 0.692. The summed E-state index contributed by atoms with van der Waals surface area (Å²) in [5.74, 6) is 0.413. The van der Waals surface area contributed by atoms with Crippen LogP contribution in [-0.2, 0) is 25.5 Å². The van der Waals surface area contributed by atoms with Crippen molar-refractivity contribution in [2.45, 2.75) is 75.5 Å². The van der Waals surface area contributed by atoms with Crippen LogP contribution in [0.15, 0.2) is 6.33 Å². The maximum atomic E-state index is 12.5. The number of carbonyl (C=O) groups excluding carboxylic acids is 3. The Kier molecular flexibility index (Phi) is 7.66. The van der Waals surface area contributed by atoms with Crippen LogP contribution in [0.1, 0.15) is 50.6 Å². The van der Waals surface area contributed by atoms with E-state index in [4.69, 9.17) is 15.2 Å². The highest BCUT2D eigenvalue weighted by Crippen LogP contribution is 2.33. The number of β-lactam (4-membered cyclic amide) rings is 1. The Morgan fingerprint density at radius 2 is 1.95 bits per heavy atom. The molecule has 2 aromatic rings. The topological polar surface area (TPSA) is 207 Å². The fourth-order valence-corrected chi connectivity index (χ4v) is 5.58. The molecule has 6 N–H and O–H groups in total. The molecule has 4 fully saturated rings. The summed E-state index contributed by atoms with van der Waals surface area (Å²) in [5, 5.41) is 26.6. The highest BCUT2D eigenvalue weighted by molar-refractivity contribution is 5.85. The van der Waals surface area contributed by atoms with E-state index in [0.717, 1.165) is 38.5 Å². The molecular formula is C26H36N8O7. The lowest BCUT2D eigenvalue weighted by molar-refractivity contribution is -0.137. The number of hydrogen-bond acceptors (Lipinski definition) is 11. The van der Waals surface area contributed by atoms with Crippen LogP contribution in [0.3, 0.4) is 0 Å². The van der Waals surface area contributed by atoms with Crippen molar-refractivity contribution in [1.82, 2.24) is 35.1 Å². The first kappa shape index (κ1) is 27.6. The number of rotatable bonds is 9. The standard InChI is InChI=1S/C26H36N8O7/c27-21-17-22(34(12-29-17)25-19(36)18(35)20(41-25)24(38)30-15-4-5-15)32-16(31-21)3-1-2-13-6-8-33(9-7-13)26(39)40-11-14-10-28-23(14)37/h12-15,18-20,25,35-36H,1-11H2,(H,28,37)(H,30,38)(H2,27,31,32)/t14?,18?,19-,20-,25+/m0/s1. The summed E-state index contributed by atoms with van der Waals surface area (Å²) < 4.78 is 12.6. The predicted octanol–water partition coefficient (Wildman–Crippen LogP) is -0.776. The number of nitrogens with two attached hydrogens (primary N) is 1. The van der Waals surface area contributed by atoms with Crippen LogP contribution < -0.4 is 16.4 Å². The lowest BCUT2D eigenvalue weighted by Crippen LogP contribution is -2.51. The summed E-state index contributed by atoms with van der Waals surface area (Å²) in [4.78, 5) is 51.1. The highest BCUT2D eigenvalue weighted by atomic mass is 16.6. The number of aliphatic hydroxyl groups excluding tert-OH is 2. The molecule has 0 bridgehead atoms. The van der Waals surface area contributed by atoms with Crippen molar-refractivity contribution in [1.29, 1.82) is 0 Å². The minimum Gasteiger partial charge on any atom is -0.448 e. The second-order valence-electron chi connectivity index (χ2n) is 11.4. The number of carbonyl (C=O) groups is 3. The first-order valence-electron chi connectivity index (χ1n) is 14.3. The minimum absolute atomic E-state index is 0.0732. The van der Waals surface area contributed by atoms with Gasteiger partial charge in [-0.05, 0) is 44.4 Å². The molecule has 41 heavy (non-hydrogen) atoms. The van der Waals surface area contributed by atoms with Crippen molar-refractivity contribution in [3.05, 3.63) is 12.2 Å². The van der Waals surface area contributed by atoms with Crippen molar-refractivity contribution in [2.75, 3.05) is 32.0 Å². The first-order chi connectivity index (χ1) is 19.8. The van der Waals surface area contributed by atoms with Crippen molar-refractivity contribution in [3.63, 3.8) is 0 Å². The van der Waals surface area contributed by atoms with Gasteiger partial charge in [0.2, 0.25) is 5.91 Å². The van der Waals surface area contributed by atoms with E-state index in [9.17, 15) is 24.6 Å². The third-order valence-corrected chi connectivity index (χ3v) is 8.38. The van der Waals surface area contributed by atoms with Gasteiger partial charge < -0.3 is 41.0 Å². The van der Waals surface area contributed by atoms with E-state index in [0.29, 0.717) is 49.0 Å². The maximum Gasteiger partial charge on any atom is 0.409 e. The molecule has 0 radical (unpaired) electrons. The lowest BCUT2D eigenvalue weighted by Gasteiger charge is -2.32. The van der Waals surface area contributed by atoms with Gasteiger partial charge in [0.25, 0.3) is 5.91 Å². The molecule has 15 nitrogen and oxygen atoms in total. The van der Waals surface area contributed by atoms with Crippen LogP contribution in [0.5, 0.6) is 0 Å². The number of aliphatic hydroxyl groups is 2. The zero-order valence-electron chi connectivity index (χ0n) is 22.6. The van der Waals surface area contributed by atoms with Crippen LogP contribution in [0.4, 0.5) is 10.6 Å². The van der Waals surface area contributed by atoms with Gasteiger partial charge in [-0.25, -0.2) is 19.7 Å². The number of imidazole rings is 1. The predicted molar refractivity (Wildman–Crippen MR) is 142 cm³/mol. The Morgan fingerprint density at radius 1 is 1.17 bits per heavy atom. The maximum absolute atomic E-state index is 12.5. The van der Waals surface area contributed by atoms with Crippen LogP contribution in [0, 0.1) is 11.8 Å². The smallest absolute Gasteiger partial charge is 0.409 e. The largest absolute Gasteiger partial charge is 0.448 e. The fourth-order valence-electron chi connectivity index (χ4n) is 5.58. The number of anilines is 1. The van der Waals surface area contributed by atoms with E-state index in [1.807, 2.05) is 0 Å². The summed E-state index contributed by atoms with van der Waals surface area (Å²) in [6, 6.07) is 0.0929. The second kappa shape index (κ2) is 11.4. The van der Waals surface area contributed by atoms with Crippen LogP contribution in [-0.4, -0.2) is 103 Å². The van der Waals surface area contributed by atoms with E-state index in [2.05, 4.69) is 25.6 Å². The van der Waals surface area contributed by atoms with Gasteiger partial charge in [0.15, 0.2) is 23.8 Å². The van der Waals surface area contributed by atoms with E-state index < -0.39 is 30.4 Å². The number of aromatic nitrogens is 4. The average Bonchev–Trinajstić information content (AvgIpc) is 3.59. The Bertz CT molecular complexity index is 1310. The number of fused-ring (bicyclic) bond motifs is 1. The van der Waals surface area contributed by atoms with Gasteiger partial charge in [-0.1, -0.05) is 0 Å². The van der Waals surface area contributed by atoms with E-state index in [-0.39, 0.29) is 36.4 Å². The van der Waals surface area contributed by atoms with Crippen molar-refractivity contribution in [2.24, 2.45) is 11.8 Å². The monoisotopic (exact) mass is 572 g/mol.